The Hall–Kier alpha value is -1.91. The molecule has 5 nitrogen and oxygen atoms in total. The minimum atomic E-state index is -0.821. The molecule has 1 amide bonds. The van der Waals surface area contributed by atoms with E-state index < -0.39 is 11.9 Å². The zero-order valence-electron chi connectivity index (χ0n) is 11.2. The summed E-state index contributed by atoms with van der Waals surface area (Å²) in [6.07, 6.45) is 6.22. The van der Waals surface area contributed by atoms with Gasteiger partial charge in [0, 0.05) is 18.9 Å². The van der Waals surface area contributed by atoms with Crippen molar-refractivity contribution in [2.75, 3.05) is 0 Å². The molecule has 1 aromatic rings. The Kier molecular flexibility index (Phi) is 3.42. The molecule has 4 atom stereocenters. The lowest BCUT2D eigenvalue weighted by atomic mass is 9.78. The van der Waals surface area contributed by atoms with Crippen LogP contribution in [-0.2, 0) is 16.1 Å². The molecule has 2 bridgehead atoms. The quantitative estimate of drug-likeness (QED) is 0.871. The molecule has 0 spiro atoms. The number of carboxylic acid groups (broad SMARTS) is 1. The summed E-state index contributed by atoms with van der Waals surface area (Å²) in [7, 11) is 0. The third kappa shape index (κ3) is 2.28. The van der Waals surface area contributed by atoms with Gasteiger partial charge in [-0.15, -0.1) is 0 Å². The van der Waals surface area contributed by atoms with Crippen molar-refractivity contribution in [3.63, 3.8) is 0 Å². The van der Waals surface area contributed by atoms with E-state index in [1.54, 1.807) is 12.4 Å². The van der Waals surface area contributed by atoms with Crippen molar-refractivity contribution in [1.82, 2.24) is 10.3 Å². The number of hydrogen-bond donors (Lipinski definition) is 2. The maximum atomic E-state index is 12.3. The SMILES string of the molecule is O=C(O)[C@@H]1[C@H]2CC[C@@H](C2)[C@@H]1C(=O)NCc1cccnc1. The second kappa shape index (κ2) is 5.23. The predicted octanol–water partition coefficient (Wildman–Crippen LogP) is 1.44. The molecule has 2 aliphatic rings. The molecule has 1 heterocycles. The Morgan fingerprint density at radius 3 is 2.70 bits per heavy atom. The third-order valence-electron chi connectivity index (χ3n) is 4.69. The lowest BCUT2D eigenvalue weighted by molar-refractivity contribution is -0.149. The standard InChI is InChI=1S/C15H18N2O3/c18-14(17-8-9-2-1-5-16-7-9)12-10-3-4-11(6-10)13(12)15(19)20/h1-2,5,7,10-13H,3-4,6,8H2,(H,17,18)(H,19,20)/t10-,11-,12-,13+/m0/s1. The fourth-order valence-electron chi connectivity index (χ4n) is 3.83. The summed E-state index contributed by atoms with van der Waals surface area (Å²) < 4.78 is 0. The van der Waals surface area contributed by atoms with Gasteiger partial charge in [0.2, 0.25) is 5.91 Å². The molecule has 0 saturated heterocycles. The van der Waals surface area contributed by atoms with Gasteiger partial charge in [-0.1, -0.05) is 6.07 Å². The summed E-state index contributed by atoms with van der Waals surface area (Å²) in [5.41, 5.74) is 0.927. The number of aromatic nitrogens is 1. The highest BCUT2D eigenvalue weighted by Gasteiger charge is 2.53. The van der Waals surface area contributed by atoms with Gasteiger partial charge in [-0.3, -0.25) is 14.6 Å². The molecule has 2 N–H and O–H groups in total. The Balaban J connectivity index is 1.66. The summed E-state index contributed by atoms with van der Waals surface area (Å²) in [6, 6.07) is 3.71. The highest BCUT2D eigenvalue weighted by Crippen LogP contribution is 2.52. The number of fused-ring (bicyclic) bond motifs is 2. The van der Waals surface area contributed by atoms with E-state index in [0.29, 0.717) is 6.54 Å². The number of carboxylic acids is 1. The van der Waals surface area contributed by atoms with Gasteiger partial charge >= 0.3 is 5.97 Å². The molecule has 1 aromatic heterocycles. The number of aliphatic carboxylic acids is 1. The van der Waals surface area contributed by atoms with Crippen LogP contribution < -0.4 is 5.32 Å². The molecular formula is C15H18N2O3. The van der Waals surface area contributed by atoms with Gasteiger partial charge in [-0.25, -0.2) is 0 Å². The number of carbonyl (C=O) groups is 2. The Morgan fingerprint density at radius 1 is 1.30 bits per heavy atom. The largest absolute Gasteiger partial charge is 0.481 e. The van der Waals surface area contributed by atoms with Gasteiger partial charge in [0.05, 0.1) is 11.8 Å². The van der Waals surface area contributed by atoms with Crippen molar-refractivity contribution in [2.45, 2.75) is 25.8 Å². The van der Waals surface area contributed by atoms with Crippen LogP contribution in [0.5, 0.6) is 0 Å². The number of nitrogens with zero attached hydrogens (tertiary/aromatic N) is 1. The van der Waals surface area contributed by atoms with Crippen LogP contribution in [0.15, 0.2) is 24.5 Å². The lowest BCUT2D eigenvalue weighted by Crippen LogP contribution is -2.41. The van der Waals surface area contributed by atoms with Crippen molar-refractivity contribution in [2.24, 2.45) is 23.7 Å². The maximum Gasteiger partial charge on any atom is 0.307 e. The van der Waals surface area contributed by atoms with E-state index in [0.717, 1.165) is 24.8 Å². The molecule has 3 rings (SSSR count). The Labute approximate surface area is 117 Å². The average molecular weight is 274 g/mol. The summed E-state index contributed by atoms with van der Waals surface area (Å²) in [5, 5.41) is 12.2. The molecule has 20 heavy (non-hydrogen) atoms. The molecule has 106 valence electrons. The number of pyridine rings is 1. The molecule has 5 heteroatoms. The van der Waals surface area contributed by atoms with Gasteiger partial charge in [-0.05, 0) is 42.7 Å². The van der Waals surface area contributed by atoms with Crippen LogP contribution in [0, 0.1) is 23.7 Å². The summed E-state index contributed by atoms with van der Waals surface area (Å²) in [6.45, 7) is 0.410. The van der Waals surface area contributed by atoms with E-state index in [1.165, 1.54) is 0 Å². The zero-order chi connectivity index (χ0) is 14.1. The molecule has 0 radical (unpaired) electrons. The van der Waals surface area contributed by atoms with Crippen LogP contribution in [0.4, 0.5) is 0 Å². The van der Waals surface area contributed by atoms with Crippen molar-refractivity contribution in [3.05, 3.63) is 30.1 Å². The minimum Gasteiger partial charge on any atom is -0.481 e. The average Bonchev–Trinajstić information content (AvgIpc) is 3.06. The molecule has 2 aliphatic carbocycles. The number of carbonyl (C=O) groups excluding carboxylic acids is 1. The highest BCUT2D eigenvalue weighted by atomic mass is 16.4. The van der Waals surface area contributed by atoms with E-state index in [-0.39, 0.29) is 23.7 Å². The molecule has 0 aliphatic heterocycles. The molecule has 2 saturated carbocycles. The first-order valence-electron chi connectivity index (χ1n) is 7.06. The fourth-order valence-corrected chi connectivity index (χ4v) is 3.83. The first kappa shape index (κ1) is 13.1. The highest BCUT2D eigenvalue weighted by molar-refractivity contribution is 5.86. The number of hydrogen-bond acceptors (Lipinski definition) is 3. The first-order valence-corrected chi connectivity index (χ1v) is 7.06. The van der Waals surface area contributed by atoms with Crippen LogP contribution in [0.1, 0.15) is 24.8 Å². The van der Waals surface area contributed by atoms with E-state index in [9.17, 15) is 14.7 Å². The summed E-state index contributed by atoms with van der Waals surface area (Å²) >= 11 is 0. The lowest BCUT2D eigenvalue weighted by Gasteiger charge is -2.27. The molecular weight excluding hydrogens is 256 g/mol. The van der Waals surface area contributed by atoms with E-state index >= 15 is 0 Å². The topological polar surface area (TPSA) is 79.3 Å². The second-order valence-electron chi connectivity index (χ2n) is 5.80. The Bertz CT molecular complexity index is 517. The Morgan fingerprint density at radius 2 is 2.05 bits per heavy atom. The van der Waals surface area contributed by atoms with Crippen molar-refractivity contribution >= 4 is 11.9 Å². The summed E-state index contributed by atoms with van der Waals surface area (Å²) in [5.74, 6) is -1.36. The van der Waals surface area contributed by atoms with Crippen LogP contribution >= 0.6 is 0 Å². The molecule has 2 fully saturated rings. The second-order valence-corrected chi connectivity index (χ2v) is 5.80. The van der Waals surface area contributed by atoms with Gasteiger partial charge in [0.15, 0.2) is 0 Å². The number of nitrogens with one attached hydrogen (secondary N) is 1. The predicted molar refractivity (Wildman–Crippen MR) is 71.5 cm³/mol. The van der Waals surface area contributed by atoms with Crippen molar-refractivity contribution in [3.8, 4) is 0 Å². The normalized spacial score (nSPS) is 31.2. The van der Waals surface area contributed by atoms with Crippen LogP contribution in [0.25, 0.3) is 0 Å². The van der Waals surface area contributed by atoms with Gasteiger partial charge < -0.3 is 10.4 Å². The molecule has 0 aromatic carbocycles. The number of rotatable bonds is 4. The minimum absolute atomic E-state index is 0.117. The zero-order valence-corrected chi connectivity index (χ0v) is 11.2. The van der Waals surface area contributed by atoms with E-state index in [4.69, 9.17) is 0 Å². The van der Waals surface area contributed by atoms with Crippen LogP contribution in [-0.4, -0.2) is 22.0 Å². The maximum absolute atomic E-state index is 12.3. The fraction of sp³-hybridized carbons (Fsp3) is 0.533. The monoisotopic (exact) mass is 274 g/mol. The van der Waals surface area contributed by atoms with Gasteiger partial charge in [0.1, 0.15) is 0 Å². The van der Waals surface area contributed by atoms with Crippen molar-refractivity contribution in [1.29, 1.82) is 0 Å². The van der Waals surface area contributed by atoms with E-state index in [2.05, 4.69) is 10.3 Å². The van der Waals surface area contributed by atoms with Crippen molar-refractivity contribution < 1.29 is 14.7 Å². The smallest absolute Gasteiger partial charge is 0.307 e. The third-order valence-corrected chi connectivity index (χ3v) is 4.69. The van der Waals surface area contributed by atoms with E-state index in [1.807, 2.05) is 12.1 Å². The van der Waals surface area contributed by atoms with Gasteiger partial charge in [-0.2, -0.15) is 0 Å². The first-order chi connectivity index (χ1) is 9.66. The van der Waals surface area contributed by atoms with Gasteiger partial charge in [0.25, 0.3) is 0 Å². The summed E-state index contributed by atoms with van der Waals surface area (Å²) in [4.78, 5) is 27.7. The molecule has 0 unspecified atom stereocenters. The van der Waals surface area contributed by atoms with Crippen LogP contribution in [0.2, 0.25) is 0 Å². The van der Waals surface area contributed by atoms with Crippen LogP contribution in [0.3, 0.4) is 0 Å². The number of amides is 1.